The Morgan fingerprint density at radius 2 is 2.27 bits per heavy atom. The second-order valence-corrected chi connectivity index (χ2v) is 6.12. The molecule has 1 saturated carbocycles. The van der Waals surface area contributed by atoms with E-state index in [0.717, 1.165) is 37.2 Å². The van der Waals surface area contributed by atoms with Crippen molar-refractivity contribution < 1.29 is 4.79 Å². The topological polar surface area (TPSA) is 101 Å². The normalized spacial score (nSPS) is 21.2. The molecule has 1 amide bonds. The molecule has 8 nitrogen and oxygen atoms in total. The largest absolute Gasteiger partial charge is 0.350 e. The van der Waals surface area contributed by atoms with Gasteiger partial charge in [0.05, 0.1) is 23.9 Å². The third-order valence-electron chi connectivity index (χ3n) is 4.40. The predicted molar refractivity (Wildman–Crippen MR) is 76.8 cm³/mol. The van der Waals surface area contributed by atoms with Gasteiger partial charge in [0.25, 0.3) is 0 Å². The minimum absolute atomic E-state index is 0.0134. The number of carbonyl (C=O) groups excluding carboxylic acids is 1. The summed E-state index contributed by atoms with van der Waals surface area (Å²) >= 11 is 0. The van der Waals surface area contributed by atoms with E-state index in [-0.39, 0.29) is 11.8 Å². The molecule has 1 fully saturated rings. The summed E-state index contributed by atoms with van der Waals surface area (Å²) in [5.41, 5.74) is 2.06. The van der Waals surface area contributed by atoms with Crippen molar-refractivity contribution in [2.24, 2.45) is 0 Å². The number of hydrogen-bond acceptors (Lipinski definition) is 5. The van der Waals surface area contributed by atoms with E-state index in [2.05, 4.69) is 37.1 Å². The zero-order chi connectivity index (χ0) is 14.9. The van der Waals surface area contributed by atoms with E-state index in [9.17, 15) is 4.79 Å². The lowest BCUT2D eigenvalue weighted by atomic mass is 10.0. The van der Waals surface area contributed by atoms with E-state index >= 15 is 0 Å². The second kappa shape index (κ2) is 5.51. The Kier molecular flexibility index (Phi) is 3.36. The maximum absolute atomic E-state index is 12.5. The lowest BCUT2D eigenvalue weighted by molar-refractivity contribution is -0.123. The lowest BCUT2D eigenvalue weighted by Crippen LogP contribution is -2.30. The molecule has 2 N–H and O–H groups in total. The van der Waals surface area contributed by atoms with Gasteiger partial charge in [0, 0.05) is 12.5 Å². The van der Waals surface area contributed by atoms with Crippen molar-refractivity contribution in [2.45, 2.75) is 57.0 Å². The van der Waals surface area contributed by atoms with Gasteiger partial charge in [-0.2, -0.15) is 5.10 Å². The second-order valence-electron chi connectivity index (χ2n) is 6.12. The summed E-state index contributed by atoms with van der Waals surface area (Å²) in [7, 11) is 0. The molecule has 1 atom stereocenters. The maximum atomic E-state index is 12.5. The Morgan fingerprint density at radius 1 is 1.36 bits per heavy atom. The van der Waals surface area contributed by atoms with Gasteiger partial charge in [-0.25, -0.2) is 4.68 Å². The van der Waals surface area contributed by atoms with Crippen LogP contribution in [0.5, 0.6) is 0 Å². The Morgan fingerprint density at radius 3 is 3.14 bits per heavy atom. The Balaban J connectivity index is 1.41. The summed E-state index contributed by atoms with van der Waals surface area (Å²) in [5.74, 6) is 1.02. The molecule has 2 aromatic heterocycles. The first-order valence-corrected chi connectivity index (χ1v) is 7.89. The molecule has 2 aromatic rings. The molecular weight excluding hydrogens is 282 g/mol. The number of hydrogen-bond donors (Lipinski definition) is 2. The van der Waals surface area contributed by atoms with Crippen molar-refractivity contribution >= 4 is 5.91 Å². The van der Waals surface area contributed by atoms with Crippen LogP contribution in [0.15, 0.2) is 6.07 Å². The van der Waals surface area contributed by atoms with Gasteiger partial charge in [0.2, 0.25) is 5.91 Å². The van der Waals surface area contributed by atoms with E-state index in [1.54, 1.807) is 4.68 Å². The molecule has 2 aliphatic rings. The summed E-state index contributed by atoms with van der Waals surface area (Å²) in [4.78, 5) is 12.5. The third-order valence-corrected chi connectivity index (χ3v) is 4.40. The number of tetrazole rings is 1. The maximum Gasteiger partial charge on any atom is 0.231 e. The summed E-state index contributed by atoms with van der Waals surface area (Å²) < 4.78 is 1.75. The van der Waals surface area contributed by atoms with Crippen LogP contribution in [-0.2, 0) is 17.9 Å². The Bertz CT molecular complexity index is 672. The molecule has 0 saturated heterocycles. The van der Waals surface area contributed by atoms with Gasteiger partial charge in [-0.05, 0) is 42.2 Å². The number of rotatable bonds is 4. The molecule has 0 bridgehead atoms. The van der Waals surface area contributed by atoms with Crippen LogP contribution >= 0.6 is 0 Å². The molecule has 3 heterocycles. The molecular formula is C14H19N7O. The van der Waals surface area contributed by atoms with E-state index < -0.39 is 0 Å². The van der Waals surface area contributed by atoms with Crippen LogP contribution < -0.4 is 5.32 Å². The first kappa shape index (κ1) is 13.4. The number of H-pyrrole nitrogens is 1. The average molecular weight is 301 g/mol. The van der Waals surface area contributed by atoms with Gasteiger partial charge in [0.15, 0.2) is 5.82 Å². The fourth-order valence-corrected chi connectivity index (χ4v) is 2.97. The highest BCUT2D eigenvalue weighted by atomic mass is 16.1. The number of aromatic amines is 1. The molecule has 22 heavy (non-hydrogen) atoms. The monoisotopic (exact) mass is 301 g/mol. The van der Waals surface area contributed by atoms with Crippen LogP contribution in [0.1, 0.15) is 61.2 Å². The van der Waals surface area contributed by atoms with Crippen molar-refractivity contribution in [3.05, 3.63) is 23.3 Å². The highest BCUT2D eigenvalue weighted by Crippen LogP contribution is 2.39. The summed E-state index contributed by atoms with van der Waals surface area (Å²) in [6, 6.07) is 2.05. The van der Waals surface area contributed by atoms with Crippen LogP contribution in [-0.4, -0.2) is 36.3 Å². The van der Waals surface area contributed by atoms with Gasteiger partial charge < -0.3 is 5.32 Å². The number of nitrogens with zero attached hydrogens (tertiary/aromatic N) is 5. The molecule has 1 unspecified atom stereocenters. The summed E-state index contributed by atoms with van der Waals surface area (Å²) in [6.45, 7) is 1.26. The molecule has 1 aliphatic carbocycles. The number of carbonyl (C=O) groups is 1. The minimum atomic E-state index is -0.261. The average Bonchev–Trinajstić information content (AvgIpc) is 3.17. The molecule has 4 rings (SSSR count). The quantitative estimate of drug-likeness (QED) is 0.872. The van der Waals surface area contributed by atoms with Gasteiger partial charge in [-0.3, -0.25) is 9.89 Å². The van der Waals surface area contributed by atoms with E-state index in [0.29, 0.717) is 18.3 Å². The minimum Gasteiger partial charge on any atom is -0.350 e. The van der Waals surface area contributed by atoms with Crippen molar-refractivity contribution in [1.82, 2.24) is 35.7 Å². The van der Waals surface area contributed by atoms with Gasteiger partial charge in [-0.15, -0.1) is 5.10 Å². The molecule has 8 heteroatoms. The SMILES string of the molecule is O=C(NCc1cc(C2CC2)n[nH]1)C1CCCCn2nnnc21. The Hall–Kier alpha value is -2.25. The highest BCUT2D eigenvalue weighted by molar-refractivity contribution is 5.82. The number of amides is 1. The third kappa shape index (κ3) is 2.60. The lowest BCUT2D eigenvalue weighted by Gasteiger charge is -2.12. The van der Waals surface area contributed by atoms with Crippen molar-refractivity contribution in [3.8, 4) is 0 Å². The zero-order valence-electron chi connectivity index (χ0n) is 12.3. The number of nitrogens with one attached hydrogen (secondary N) is 2. The van der Waals surface area contributed by atoms with Crippen molar-refractivity contribution in [2.75, 3.05) is 0 Å². The van der Waals surface area contributed by atoms with E-state index in [4.69, 9.17) is 0 Å². The molecule has 0 spiro atoms. The zero-order valence-corrected chi connectivity index (χ0v) is 12.3. The number of aromatic nitrogens is 6. The van der Waals surface area contributed by atoms with E-state index in [1.807, 2.05) is 0 Å². The first-order chi connectivity index (χ1) is 10.8. The first-order valence-electron chi connectivity index (χ1n) is 7.89. The smallest absolute Gasteiger partial charge is 0.231 e. The van der Waals surface area contributed by atoms with Crippen LogP contribution in [0.4, 0.5) is 0 Å². The van der Waals surface area contributed by atoms with Crippen LogP contribution in [0, 0.1) is 0 Å². The number of aryl methyl sites for hydroxylation is 1. The fraction of sp³-hybridized carbons (Fsp3) is 0.643. The van der Waals surface area contributed by atoms with Gasteiger partial charge in [-0.1, -0.05) is 6.42 Å². The predicted octanol–water partition coefficient (Wildman–Crippen LogP) is 0.857. The molecule has 116 valence electrons. The summed E-state index contributed by atoms with van der Waals surface area (Å²) in [6.07, 6.45) is 5.25. The Labute approximate surface area is 127 Å². The van der Waals surface area contributed by atoms with Crippen LogP contribution in [0.2, 0.25) is 0 Å². The molecule has 0 aromatic carbocycles. The van der Waals surface area contributed by atoms with Crippen molar-refractivity contribution in [3.63, 3.8) is 0 Å². The van der Waals surface area contributed by atoms with Crippen LogP contribution in [0.3, 0.4) is 0 Å². The van der Waals surface area contributed by atoms with Gasteiger partial charge >= 0.3 is 0 Å². The summed E-state index contributed by atoms with van der Waals surface area (Å²) in [5, 5.41) is 22.0. The number of fused-ring (bicyclic) bond motifs is 1. The fourth-order valence-electron chi connectivity index (χ4n) is 2.97. The molecule has 1 aliphatic heterocycles. The standard InChI is InChI=1S/C14H19N7O/c22-14(11-3-1-2-6-21-13(11)18-19-20-21)15-8-10-7-12(17-16-10)9-4-5-9/h7,9,11H,1-6,8H2,(H,15,22)(H,16,17). The molecule has 0 radical (unpaired) electrons. The van der Waals surface area contributed by atoms with Crippen molar-refractivity contribution in [1.29, 1.82) is 0 Å². The van der Waals surface area contributed by atoms with Crippen LogP contribution in [0.25, 0.3) is 0 Å². The highest BCUT2D eigenvalue weighted by Gasteiger charge is 2.29. The van der Waals surface area contributed by atoms with E-state index in [1.165, 1.54) is 12.8 Å². The van der Waals surface area contributed by atoms with Gasteiger partial charge in [0.1, 0.15) is 0 Å².